The summed E-state index contributed by atoms with van der Waals surface area (Å²) in [5.74, 6) is 0. The maximum absolute atomic E-state index is 10.3. The molecule has 0 spiro atoms. The maximum Gasteiger partial charge on any atom is 1.00 e. The van der Waals surface area contributed by atoms with Crippen LogP contribution in [-0.4, -0.2) is 19.9 Å². The van der Waals surface area contributed by atoms with Crippen LogP contribution >= 0.6 is 0 Å². The first kappa shape index (κ1) is 10.8. The molecule has 0 aliphatic rings. The number of hydrogen-bond donors (Lipinski definition) is 3. The van der Waals surface area contributed by atoms with E-state index in [2.05, 4.69) is 0 Å². The van der Waals surface area contributed by atoms with Crippen molar-refractivity contribution in [2.75, 3.05) is 0 Å². The van der Waals surface area contributed by atoms with Gasteiger partial charge in [0.2, 0.25) is 0 Å². The van der Waals surface area contributed by atoms with Crippen LogP contribution in [0.5, 0.6) is 0 Å². The molecule has 1 rings (SSSR count). The number of aromatic amines is 2. The molecule has 0 fully saturated rings. The third-order valence-corrected chi connectivity index (χ3v) is 0.826. The third kappa shape index (κ3) is 2.41. The Bertz CT molecular complexity index is 371. The van der Waals surface area contributed by atoms with E-state index in [1.807, 2.05) is 0 Å². The SMILES string of the molecule is O=c1[nH]c(=O)n(O)c(=O)[nH]1.[H-].[K+]. The van der Waals surface area contributed by atoms with Crippen molar-refractivity contribution in [3.8, 4) is 0 Å². The molecule has 0 atom stereocenters. The summed E-state index contributed by atoms with van der Waals surface area (Å²) < 4.78 is -0.235. The summed E-state index contributed by atoms with van der Waals surface area (Å²) in [6, 6.07) is 0. The zero-order chi connectivity index (χ0) is 7.72. The Morgan fingerprint density at radius 1 is 1.18 bits per heavy atom. The Morgan fingerprint density at radius 3 is 1.91 bits per heavy atom. The molecule has 0 amide bonds. The van der Waals surface area contributed by atoms with E-state index < -0.39 is 17.1 Å². The van der Waals surface area contributed by atoms with Crippen LogP contribution in [0.1, 0.15) is 1.43 Å². The Morgan fingerprint density at radius 2 is 1.55 bits per heavy atom. The molecule has 0 aliphatic heterocycles. The van der Waals surface area contributed by atoms with Crippen LogP contribution in [-0.2, 0) is 0 Å². The molecule has 3 N–H and O–H groups in total. The van der Waals surface area contributed by atoms with E-state index >= 15 is 0 Å². The van der Waals surface area contributed by atoms with Gasteiger partial charge in [-0.3, -0.25) is 9.97 Å². The van der Waals surface area contributed by atoms with Gasteiger partial charge in [-0.2, -0.15) is 0 Å². The van der Waals surface area contributed by atoms with E-state index in [-0.39, 0.29) is 57.5 Å². The first-order valence-electron chi connectivity index (χ1n) is 2.26. The molecule has 0 radical (unpaired) electrons. The van der Waals surface area contributed by atoms with Crippen LogP contribution in [0, 0.1) is 0 Å². The molecule has 0 saturated heterocycles. The average Bonchev–Trinajstić information content (AvgIpc) is 1.82. The van der Waals surface area contributed by atoms with E-state index in [1.165, 1.54) is 0 Å². The minimum atomic E-state index is -1.16. The van der Waals surface area contributed by atoms with Crippen molar-refractivity contribution >= 4 is 0 Å². The molecular weight excluding hydrogens is 181 g/mol. The van der Waals surface area contributed by atoms with Gasteiger partial charge >= 0.3 is 68.5 Å². The molecule has 0 aliphatic carbocycles. The molecule has 1 heterocycles. The normalized spacial score (nSPS) is 8.73. The number of H-pyrrole nitrogens is 2. The summed E-state index contributed by atoms with van der Waals surface area (Å²) in [7, 11) is 0. The molecule has 1 aromatic heterocycles. The minimum absolute atomic E-state index is 0. The van der Waals surface area contributed by atoms with Crippen molar-refractivity contribution in [2.24, 2.45) is 0 Å². The average molecular weight is 185 g/mol. The predicted molar refractivity (Wildman–Crippen MR) is 30.2 cm³/mol. The first-order valence-corrected chi connectivity index (χ1v) is 2.26. The standard InChI is InChI=1S/C3H3N3O4.K.H/c7-1-4-2(8)6(10)3(9)5-1;;/h10H,(H2,4,5,7,8,9);;/q;+1;-1. The quantitative estimate of drug-likeness (QED) is 0.277. The van der Waals surface area contributed by atoms with Crippen molar-refractivity contribution in [2.45, 2.75) is 0 Å². The van der Waals surface area contributed by atoms with Crippen LogP contribution in [0.3, 0.4) is 0 Å². The molecule has 8 heteroatoms. The molecule has 0 bridgehead atoms. The van der Waals surface area contributed by atoms with Crippen molar-refractivity contribution in [3.63, 3.8) is 0 Å². The zero-order valence-electron chi connectivity index (χ0n) is 6.62. The molecule has 0 aromatic carbocycles. The van der Waals surface area contributed by atoms with Gasteiger partial charge < -0.3 is 6.63 Å². The molecule has 7 nitrogen and oxygen atoms in total. The fourth-order valence-corrected chi connectivity index (χ4v) is 0.424. The van der Waals surface area contributed by atoms with Gasteiger partial charge in [-0.25, -0.2) is 14.4 Å². The number of aromatic nitrogens is 3. The number of nitrogens with one attached hydrogen (secondary N) is 2. The van der Waals surface area contributed by atoms with Crippen molar-refractivity contribution in [1.29, 1.82) is 0 Å². The van der Waals surface area contributed by atoms with E-state index in [0.717, 1.165) is 0 Å². The number of nitrogens with zero attached hydrogens (tertiary/aromatic N) is 1. The fraction of sp³-hybridized carbons (Fsp3) is 0. The second kappa shape index (κ2) is 4.02. The molecule has 56 valence electrons. The number of rotatable bonds is 0. The summed E-state index contributed by atoms with van der Waals surface area (Å²) >= 11 is 0. The zero-order valence-corrected chi connectivity index (χ0v) is 8.74. The Balaban J connectivity index is 0. The monoisotopic (exact) mass is 185 g/mol. The van der Waals surface area contributed by atoms with Gasteiger partial charge in [0.05, 0.1) is 0 Å². The number of hydrogen-bond acceptors (Lipinski definition) is 4. The van der Waals surface area contributed by atoms with Crippen molar-refractivity contribution in [1.82, 2.24) is 14.7 Å². The van der Waals surface area contributed by atoms with Crippen LogP contribution in [0.2, 0.25) is 0 Å². The molecule has 0 saturated carbocycles. The van der Waals surface area contributed by atoms with E-state index in [0.29, 0.717) is 0 Å². The van der Waals surface area contributed by atoms with E-state index in [4.69, 9.17) is 5.21 Å². The summed E-state index contributed by atoms with van der Waals surface area (Å²) in [4.78, 5) is 34.1. The van der Waals surface area contributed by atoms with Crippen LogP contribution in [0.15, 0.2) is 14.4 Å². The minimum Gasteiger partial charge on any atom is -1.00 e. The molecule has 0 unspecified atom stereocenters. The summed E-state index contributed by atoms with van der Waals surface area (Å²) in [5, 5.41) is 8.42. The maximum atomic E-state index is 10.3. The molecule has 11 heavy (non-hydrogen) atoms. The van der Waals surface area contributed by atoms with Crippen LogP contribution in [0.25, 0.3) is 0 Å². The summed E-state index contributed by atoms with van der Waals surface area (Å²) in [6.07, 6.45) is 0. The van der Waals surface area contributed by atoms with Gasteiger partial charge in [0, 0.05) is 0 Å². The van der Waals surface area contributed by atoms with Gasteiger partial charge in [-0.05, 0) is 0 Å². The second-order valence-electron chi connectivity index (χ2n) is 1.50. The van der Waals surface area contributed by atoms with Crippen molar-refractivity contribution < 1.29 is 58.0 Å². The fourth-order valence-electron chi connectivity index (χ4n) is 0.424. The summed E-state index contributed by atoms with van der Waals surface area (Å²) in [5.41, 5.74) is -3.26. The largest absolute Gasteiger partial charge is 1.00 e. The van der Waals surface area contributed by atoms with Gasteiger partial charge in [0.15, 0.2) is 0 Å². The van der Waals surface area contributed by atoms with Gasteiger partial charge in [-0.15, -0.1) is 0 Å². The van der Waals surface area contributed by atoms with Crippen LogP contribution in [0.4, 0.5) is 0 Å². The molecule has 1 aromatic rings. The Hall–Kier alpha value is -0.154. The molecular formula is C3H4KN3O4. The van der Waals surface area contributed by atoms with Gasteiger partial charge in [0.1, 0.15) is 0 Å². The van der Waals surface area contributed by atoms with Gasteiger partial charge in [0.25, 0.3) is 0 Å². The first-order chi connectivity index (χ1) is 4.61. The van der Waals surface area contributed by atoms with Crippen molar-refractivity contribution in [3.05, 3.63) is 31.5 Å². The Kier molecular flexibility index (Phi) is 3.96. The van der Waals surface area contributed by atoms with E-state index in [9.17, 15) is 14.4 Å². The van der Waals surface area contributed by atoms with Crippen LogP contribution < -0.4 is 68.5 Å². The van der Waals surface area contributed by atoms with Gasteiger partial charge in [-0.1, -0.05) is 4.73 Å². The third-order valence-electron chi connectivity index (χ3n) is 0.826. The second-order valence-corrected chi connectivity index (χ2v) is 1.50. The smallest absolute Gasteiger partial charge is 1.00 e. The topological polar surface area (TPSA) is 108 Å². The predicted octanol–water partition coefficient (Wildman–Crippen LogP) is -5.42. The Labute approximate surface area is 103 Å². The van der Waals surface area contributed by atoms with E-state index in [1.54, 1.807) is 9.97 Å². The summed E-state index contributed by atoms with van der Waals surface area (Å²) in [6.45, 7) is 0.